The number of hydrogen-bond donors (Lipinski definition) is 1. The number of hydrogen-bond acceptors (Lipinski definition) is 4. The first-order valence-corrected chi connectivity index (χ1v) is 7.71. The molecule has 0 spiro atoms. The van der Waals surface area contributed by atoms with Gasteiger partial charge >= 0.3 is 5.97 Å². The number of carboxylic acid groups (broad SMARTS) is 1. The molecule has 1 amide bonds. The molecule has 0 unspecified atom stereocenters. The summed E-state index contributed by atoms with van der Waals surface area (Å²) in [5.74, 6) is -1.90. The lowest BCUT2D eigenvalue weighted by molar-refractivity contribution is -0.141. The van der Waals surface area contributed by atoms with Crippen molar-refractivity contribution in [1.29, 1.82) is 0 Å². The summed E-state index contributed by atoms with van der Waals surface area (Å²) in [6.07, 6.45) is -0.00932. The van der Waals surface area contributed by atoms with Crippen LogP contribution in [-0.4, -0.2) is 28.5 Å². The largest absolute Gasteiger partial charge is 0.481 e. The summed E-state index contributed by atoms with van der Waals surface area (Å²) < 4.78 is 18.7. The van der Waals surface area contributed by atoms with E-state index in [9.17, 15) is 14.0 Å². The number of aromatic nitrogens is 1. The molecular weight excluding hydrogens is 327 g/mol. The van der Waals surface area contributed by atoms with E-state index in [0.717, 1.165) is 0 Å². The molecule has 6 nitrogen and oxygen atoms in total. The average molecular weight is 340 g/mol. The van der Waals surface area contributed by atoms with Crippen molar-refractivity contribution in [2.24, 2.45) is 5.92 Å². The summed E-state index contributed by atoms with van der Waals surface area (Å²) in [7, 11) is 0. The maximum Gasteiger partial charge on any atom is 0.308 e. The molecule has 0 bridgehead atoms. The Bertz CT molecular complexity index is 980. The number of fused-ring (bicyclic) bond motifs is 1. The molecule has 2 heterocycles. The zero-order chi connectivity index (χ0) is 17.6. The molecule has 1 aliphatic rings. The van der Waals surface area contributed by atoms with E-state index in [1.165, 1.54) is 17.0 Å². The highest BCUT2D eigenvalue weighted by Crippen LogP contribution is 2.30. The van der Waals surface area contributed by atoms with Gasteiger partial charge in [-0.15, -0.1) is 0 Å². The molecule has 3 aromatic rings. The fourth-order valence-corrected chi connectivity index (χ4v) is 2.92. The second-order valence-corrected chi connectivity index (χ2v) is 5.92. The molecule has 25 heavy (non-hydrogen) atoms. The van der Waals surface area contributed by atoms with Crippen LogP contribution in [0.25, 0.3) is 22.6 Å². The number of carboxylic acids is 1. The normalized spacial score (nSPS) is 17.4. The van der Waals surface area contributed by atoms with E-state index >= 15 is 0 Å². The Balaban J connectivity index is 1.68. The molecule has 1 aromatic heterocycles. The topological polar surface area (TPSA) is 83.6 Å². The minimum atomic E-state index is -0.977. The number of amides is 1. The van der Waals surface area contributed by atoms with Crippen molar-refractivity contribution in [2.75, 3.05) is 11.4 Å². The molecule has 1 atom stereocenters. The molecule has 2 aromatic carbocycles. The van der Waals surface area contributed by atoms with Gasteiger partial charge in [0.05, 0.1) is 5.92 Å². The highest BCUT2D eigenvalue weighted by Gasteiger charge is 2.35. The van der Waals surface area contributed by atoms with Crippen molar-refractivity contribution in [3.63, 3.8) is 0 Å². The number of anilines is 1. The van der Waals surface area contributed by atoms with E-state index in [0.29, 0.717) is 28.2 Å². The summed E-state index contributed by atoms with van der Waals surface area (Å²) in [5.41, 5.74) is 2.29. The van der Waals surface area contributed by atoms with Gasteiger partial charge in [0, 0.05) is 30.3 Å². The SMILES string of the molecule is O=C(O)[C@H]1CC(=O)N(c2ccc3nc(-c4ccc(F)cc4)oc3c2)C1. The lowest BCUT2D eigenvalue weighted by Gasteiger charge is -2.15. The van der Waals surface area contributed by atoms with Crippen LogP contribution >= 0.6 is 0 Å². The van der Waals surface area contributed by atoms with E-state index in [4.69, 9.17) is 9.52 Å². The average Bonchev–Trinajstić information content (AvgIpc) is 3.18. The Hall–Kier alpha value is -3.22. The van der Waals surface area contributed by atoms with E-state index in [1.807, 2.05) is 0 Å². The summed E-state index contributed by atoms with van der Waals surface area (Å²) in [6, 6.07) is 10.9. The zero-order valence-electron chi connectivity index (χ0n) is 13.0. The van der Waals surface area contributed by atoms with Gasteiger partial charge < -0.3 is 14.4 Å². The summed E-state index contributed by atoms with van der Waals surface area (Å²) >= 11 is 0. The fraction of sp³-hybridized carbons (Fsp3) is 0.167. The second kappa shape index (κ2) is 5.70. The first-order chi connectivity index (χ1) is 12.0. The highest BCUT2D eigenvalue weighted by molar-refractivity contribution is 6.00. The van der Waals surface area contributed by atoms with Crippen molar-refractivity contribution in [3.8, 4) is 11.5 Å². The summed E-state index contributed by atoms with van der Waals surface area (Å²) in [4.78, 5) is 29.0. The van der Waals surface area contributed by atoms with Crippen LogP contribution in [0.5, 0.6) is 0 Å². The maximum absolute atomic E-state index is 13.0. The number of carbonyl (C=O) groups is 2. The van der Waals surface area contributed by atoms with Crippen LogP contribution in [0.4, 0.5) is 10.1 Å². The molecule has 126 valence electrons. The predicted octanol–water partition coefficient (Wildman–Crippen LogP) is 3.07. The number of halogens is 1. The molecule has 1 N–H and O–H groups in total. The quantitative estimate of drug-likeness (QED) is 0.792. The van der Waals surface area contributed by atoms with Crippen molar-refractivity contribution >= 4 is 28.7 Å². The predicted molar refractivity (Wildman–Crippen MR) is 87.5 cm³/mol. The fourth-order valence-electron chi connectivity index (χ4n) is 2.92. The smallest absolute Gasteiger partial charge is 0.308 e. The van der Waals surface area contributed by atoms with Crippen LogP contribution < -0.4 is 4.90 Å². The van der Waals surface area contributed by atoms with Crippen molar-refractivity contribution in [2.45, 2.75) is 6.42 Å². The highest BCUT2D eigenvalue weighted by atomic mass is 19.1. The molecule has 1 saturated heterocycles. The molecule has 0 aliphatic carbocycles. The van der Waals surface area contributed by atoms with Gasteiger partial charge in [-0.25, -0.2) is 9.37 Å². The number of benzene rings is 2. The maximum atomic E-state index is 13.0. The minimum Gasteiger partial charge on any atom is -0.481 e. The molecule has 0 radical (unpaired) electrons. The van der Waals surface area contributed by atoms with Gasteiger partial charge in [-0.05, 0) is 36.4 Å². The van der Waals surface area contributed by atoms with Gasteiger partial charge in [0.25, 0.3) is 0 Å². The Morgan fingerprint density at radius 3 is 2.68 bits per heavy atom. The van der Waals surface area contributed by atoms with Crippen LogP contribution in [0.1, 0.15) is 6.42 Å². The third-order valence-electron chi connectivity index (χ3n) is 4.25. The lowest BCUT2D eigenvalue weighted by atomic mass is 10.1. The van der Waals surface area contributed by atoms with Crippen LogP contribution in [-0.2, 0) is 9.59 Å². The number of rotatable bonds is 3. The van der Waals surface area contributed by atoms with E-state index in [2.05, 4.69) is 4.98 Å². The summed E-state index contributed by atoms with van der Waals surface area (Å²) in [6.45, 7) is 0.138. The third kappa shape index (κ3) is 2.73. The van der Waals surface area contributed by atoms with Crippen LogP contribution in [0.15, 0.2) is 46.9 Å². The van der Waals surface area contributed by atoms with Gasteiger partial charge in [-0.3, -0.25) is 9.59 Å². The van der Waals surface area contributed by atoms with E-state index < -0.39 is 11.9 Å². The minimum absolute atomic E-state index is 0.00932. The second-order valence-electron chi connectivity index (χ2n) is 5.92. The Kier molecular flexibility index (Phi) is 3.49. The Morgan fingerprint density at radius 2 is 2.00 bits per heavy atom. The van der Waals surface area contributed by atoms with Gasteiger partial charge in [0.2, 0.25) is 11.8 Å². The molecular formula is C18H13FN2O4. The molecule has 7 heteroatoms. The van der Waals surface area contributed by atoms with E-state index in [1.54, 1.807) is 30.3 Å². The molecule has 1 aliphatic heterocycles. The Morgan fingerprint density at radius 1 is 1.24 bits per heavy atom. The van der Waals surface area contributed by atoms with Gasteiger partial charge in [0.1, 0.15) is 11.3 Å². The lowest BCUT2D eigenvalue weighted by Crippen LogP contribution is -2.25. The number of aliphatic carboxylic acids is 1. The molecule has 4 rings (SSSR count). The van der Waals surface area contributed by atoms with Crippen molar-refractivity contribution in [3.05, 3.63) is 48.3 Å². The summed E-state index contributed by atoms with van der Waals surface area (Å²) in [5, 5.41) is 9.08. The third-order valence-corrected chi connectivity index (χ3v) is 4.25. The molecule has 1 fully saturated rings. The van der Waals surface area contributed by atoms with Crippen molar-refractivity contribution < 1.29 is 23.5 Å². The zero-order valence-corrected chi connectivity index (χ0v) is 13.0. The first-order valence-electron chi connectivity index (χ1n) is 7.71. The van der Waals surface area contributed by atoms with Crippen LogP contribution in [0.3, 0.4) is 0 Å². The van der Waals surface area contributed by atoms with Crippen molar-refractivity contribution in [1.82, 2.24) is 4.98 Å². The monoisotopic (exact) mass is 340 g/mol. The van der Waals surface area contributed by atoms with E-state index in [-0.39, 0.29) is 24.7 Å². The molecule has 0 saturated carbocycles. The standard InChI is InChI=1S/C18H13FN2O4/c19-12-3-1-10(2-4-12)17-20-14-6-5-13(8-15(14)25-17)21-9-11(18(23)24)7-16(21)22/h1-6,8,11H,7,9H2,(H,23,24)/t11-/m0/s1. The van der Waals surface area contributed by atoms with Crippen LogP contribution in [0, 0.1) is 11.7 Å². The van der Waals surface area contributed by atoms with Crippen LogP contribution in [0.2, 0.25) is 0 Å². The van der Waals surface area contributed by atoms with Gasteiger partial charge in [-0.1, -0.05) is 0 Å². The van der Waals surface area contributed by atoms with Gasteiger partial charge in [-0.2, -0.15) is 0 Å². The number of carbonyl (C=O) groups excluding carboxylic acids is 1. The first kappa shape index (κ1) is 15.3. The number of nitrogens with zero attached hydrogens (tertiary/aromatic N) is 2. The Labute approximate surface area is 141 Å². The number of oxazole rings is 1. The van der Waals surface area contributed by atoms with Gasteiger partial charge in [0.15, 0.2) is 5.58 Å².